The number of hydrogen-bond donors (Lipinski definition) is 1. The lowest BCUT2D eigenvalue weighted by molar-refractivity contribution is 0.317. The molecule has 114 valence electrons. The van der Waals surface area contributed by atoms with E-state index in [0.29, 0.717) is 6.04 Å². The molecular weight excluding hydrogens is 246 g/mol. The van der Waals surface area contributed by atoms with Crippen molar-refractivity contribution in [3.05, 3.63) is 29.8 Å². The van der Waals surface area contributed by atoms with Gasteiger partial charge in [-0.05, 0) is 37.0 Å². The lowest BCUT2D eigenvalue weighted by atomic mass is 10.1. The molecule has 1 rings (SSSR count). The van der Waals surface area contributed by atoms with Crippen molar-refractivity contribution in [1.29, 1.82) is 0 Å². The largest absolute Gasteiger partial charge is 0.494 e. The maximum absolute atomic E-state index is 5.68. The van der Waals surface area contributed by atoms with E-state index in [1.54, 1.807) is 0 Å². The van der Waals surface area contributed by atoms with Gasteiger partial charge in [-0.3, -0.25) is 0 Å². The van der Waals surface area contributed by atoms with Crippen LogP contribution < -0.4 is 10.1 Å². The quantitative estimate of drug-likeness (QED) is 0.579. The fraction of sp³-hybridized carbons (Fsp3) is 0.667. The minimum atomic E-state index is 0.641. The zero-order valence-electron chi connectivity index (χ0n) is 13.5. The second-order valence-corrected chi connectivity index (χ2v) is 5.48. The van der Waals surface area contributed by atoms with Crippen LogP contribution in [0.5, 0.6) is 5.75 Å². The molecule has 2 heteroatoms. The predicted octanol–water partition coefficient (Wildman–Crippen LogP) is 4.92. The summed E-state index contributed by atoms with van der Waals surface area (Å²) >= 11 is 0. The summed E-state index contributed by atoms with van der Waals surface area (Å²) in [4.78, 5) is 0. The van der Waals surface area contributed by atoms with E-state index < -0.39 is 0 Å². The van der Waals surface area contributed by atoms with Crippen LogP contribution in [0.1, 0.15) is 64.9 Å². The highest BCUT2D eigenvalue weighted by Gasteiger charge is 2.05. The average molecular weight is 277 g/mol. The lowest BCUT2D eigenvalue weighted by Gasteiger charge is -2.17. The number of rotatable bonds is 11. The molecule has 1 N–H and O–H groups in total. The van der Waals surface area contributed by atoms with E-state index in [1.807, 2.05) is 6.07 Å². The third-order valence-corrected chi connectivity index (χ3v) is 3.62. The second-order valence-electron chi connectivity index (χ2n) is 5.48. The molecule has 20 heavy (non-hydrogen) atoms. The fourth-order valence-electron chi connectivity index (χ4n) is 2.32. The molecule has 0 fully saturated rings. The van der Waals surface area contributed by atoms with Gasteiger partial charge in [-0.25, -0.2) is 0 Å². The van der Waals surface area contributed by atoms with Crippen LogP contribution in [0.4, 0.5) is 0 Å². The molecule has 0 aliphatic heterocycles. The van der Waals surface area contributed by atoms with Gasteiger partial charge in [0.1, 0.15) is 5.75 Å². The first kappa shape index (κ1) is 17.0. The fourth-order valence-corrected chi connectivity index (χ4v) is 2.32. The Hall–Kier alpha value is -1.02. The highest BCUT2D eigenvalue weighted by Crippen LogP contribution is 2.14. The molecule has 0 aliphatic rings. The molecule has 1 aromatic carbocycles. The Labute approximate surface area is 124 Å². The summed E-state index contributed by atoms with van der Waals surface area (Å²) in [6, 6.07) is 9.09. The Bertz CT molecular complexity index is 351. The number of unbranched alkanes of at least 4 members (excludes halogenated alkanes) is 2. The maximum atomic E-state index is 5.68. The van der Waals surface area contributed by atoms with Crippen molar-refractivity contribution in [3.8, 4) is 5.75 Å². The van der Waals surface area contributed by atoms with Crippen molar-refractivity contribution in [3.63, 3.8) is 0 Å². The van der Waals surface area contributed by atoms with Crippen molar-refractivity contribution < 1.29 is 4.74 Å². The average Bonchev–Trinajstić information content (AvgIpc) is 2.49. The summed E-state index contributed by atoms with van der Waals surface area (Å²) < 4.78 is 5.68. The zero-order chi connectivity index (χ0) is 14.6. The zero-order valence-corrected chi connectivity index (χ0v) is 13.5. The highest BCUT2D eigenvalue weighted by molar-refractivity contribution is 5.28. The summed E-state index contributed by atoms with van der Waals surface area (Å²) in [5.74, 6) is 0.991. The molecule has 0 saturated heterocycles. The van der Waals surface area contributed by atoms with Crippen molar-refractivity contribution in [2.45, 2.75) is 71.9 Å². The maximum Gasteiger partial charge on any atom is 0.119 e. The van der Waals surface area contributed by atoms with Gasteiger partial charge in [-0.2, -0.15) is 0 Å². The molecule has 1 aromatic rings. The molecule has 0 bridgehead atoms. The van der Waals surface area contributed by atoms with Gasteiger partial charge in [0.25, 0.3) is 0 Å². The van der Waals surface area contributed by atoms with Gasteiger partial charge in [0, 0.05) is 12.6 Å². The molecular formula is C18H31NO. The Kier molecular flexibility index (Phi) is 9.14. The van der Waals surface area contributed by atoms with Gasteiger partial charge >= 0.3 is 0 Å². The third kappa shape index (κ3) is 6.95. The van der Waals surface area contributed by atoms with Gasteiger partial charge in [0.15, 0.2) is 0 Å². The van der Waals surface area contributed by atoms with Crippen LogP contribution >= 0.6 is 0 Å². The molecule has 1 atom stereocenters. The first-order chi connectivity index (χ1) is 9.80. The van der Waals surface area contributed by atoms with E-state index in [2.05, 4.69) is 44.3 Å². The molecule has 0 aliphatic carbocycles. The Morgan fingerprint density at radius 2 is 1.95 bits per heavy atom. The summed E-state index contributed by atoms with van der Waals surface area (Å²) in [6.45, 7) is 8.40. The topological polar surface area (TPSA) is 21.3 Å². The smallest absolute Gasteiger partial charge is 0.119 e. The minimum Gasteiger partial charge on any atom is -0.494 e. The first-order valence-corrected chi connectivity index (χ1v) is 8.25. The van der Waals surface area contributed by atoms with Crippen LogP contribution in [0, 0.1) is 0 Å². The van der Waals surface area contributed by atoms with E-state index in [-0.39, 0.29) is 0 Å². The lowest BCUT2D eigenvalue weighted by Crippen LogP contribution is -2.27. The van der Waals surface area contributed by atoms with Crippen LogP contribution in [0.3, 0.4) is 0 Å². The van der Waals surface area contributed by atoms with Crippen LogP contribution in [-0.4, -0.2) is 12.6 Å². The third-order valence-electron chi connectivity index (χ3n) is 3.62. The second kappa shape index (κ2) is 10.7. The number of nitrogens with one attached hydrogen (secondary N) is 1. The SMILES string of the molecule is CCCCCC(CC)NCc1cccc(OCCC)c1. The van der Waals surface area contributed by atoms with E-state index in [0.717, 1.165) is 25.3 Å². The predicted molar refractivity (Wildman–Crippen MR) is 87.3 cm³/mol. The number of benzene rings is 1. The van der Waals surface area contributed by atoms with E-state index >= 15 is 0 Å². The first-order valence-electron chi connectivity index (χ1n) is 8.25. The monoisotopic (exact) mass is 277 g/mol. The van der Waals surface area contributed by atoms with E-state index in [9.17, 15) is 0 Å². The molecule has 0 radical (unpaired) electrons. The molecule has 0 saturated carbocycles. The van der Waals surface area contributed by atoms with Gasteiger partial charge in [-0.15, -0.1) is 0 Å². The van der Waals surface area contributed by atoms with E-state index in [1.165, 1.54) is 37.7 Å². The van der Waals surface area contributed by atoms with Crippen LogP contribution in [-0.2, 0) is 6.54 Å². The van der Waals surface area contributed by atoms with Crippen LogP contribution in [0.2, 0.25) is 0 Å². The number of hydrogen-bond acceptors (Lipinski definition) is 2. The summed E-state index contributed by atoms with van der Waals surface area (Å²) in [5, 5.41) is 3.67. The summed E-state index contributed by atoms with van der Waals surface area (Å²) in [6.07, 6.45) is 7.53. The van der Waals surface area contributed by atoms with Crippen molar-refractivity contribution in [2.24, 2.45) is 0 Å². The van der Waals surface area contributed by atoms with Gasteiger partial charge in [0.05, 0.1) is 6.61 Å². The summed E-state index contributed by atoms with van der Waals surface area (Å²) in [5.41, 5.74) is 1.31. The Balaban J connectivity index is 2.38. The van der Waals surface area contributed by atoms with Crippen molar-refractivity contribution >= 4 is 0 Å². The summed E-state index contributed by atoms with van der Waals surface area (Å²) in [7, 11) is 0. The van der Waals surface area contributed by atoms with E-state index in [4.69, 9.17) is 4.74 Å². The Morgan fingerprint density at radius 1 is 1.10 bits per heavy atom. The standard InChI is InChI=1S/C18H31NO/c1-4-7-8-11-17(6-3)19-15-16-10-9-12-18(14-16)20-13-5-2/h9-10,12,14,17,19H,4-8,11,13,15H2,1-3H3. The van der Waals surface area contributed by atoms with Crippen LogP contribution in [0.15, 0.2) is 24.3 Å². The highest BCUT2D eigenvalue weighted by atomic mass is 16.5. The number of ether oxygens (including phenoxy) is 1. The van der Waals surface area contributed by atoms with Crippen molar-refractivity contribution in [2.75, 3.05) is 6.61 Å². The van der Waals surface area contributed by atoms with Gasteiger partial charge in [0.2, 0.25) is 0 Å². The molecule has 1 unspecified atom stereocenters. The van der Waals surface area contributed by atoms with Crippen LogP contribution in [0.25, 0.3) is 0 Å². The Morgan fingerprint density at radius 3 is 2.65 bits per heavy atom. The van der Waals surface area contributed by atoms with Gasteiger partial charge < -0.3 is 10.1 Å². The molecule has 0 spiro atoms. The molecule has 0 heterocycles. The molecule has 0 aromatic heterocycles. The molecule has 0 amide bonds. The van der Waals surface area contributed by atoms with Crippen molar-refractivity contribution in [1.82, 2.24) is 5.32 Å². The normalized spacial score (nSPS) is 12.3. The molecule has 2 nitrogen and oxygen atoms in total. The minimum absolute atomic E-state index is 0.641. The van der Waals surface area contributed by atoms with Gasteiger partial charge in [-0.1, -0.05) is 52.2 Å².